The van der Waals surface area contributed by atoms with Gasteiger partial charge < -0.3 is 24.9 Å². The zero-order valence-electron chi connectivity index (χ0n) is 16.9. The van der Waals surface area contributed by atoms with E-state index in [1.54, 1.807) is 0 Å². The summed E-state index contributed by atoms with van der Waals surface area (Å²) in [6.07, 6.45) is 0.312. The lowest BCUT2D eigenvalue weighted by Crippen LogP contribution is -2.70. The zero-order valence-corrected chi connectivity index (χ0v) is 16.9. The lowest BCUT2D eigenvalue weighted by atomic mass is 9.39. The molecule has 4 aliphatic rings. The van der Waals surface area contributed by atoms with Crippen molar-refractivity contribution in [2.45, 2.75) is 77.3 Å². The summed E-state index contributed by atoms with van der Waals surface area (Å²) in [5.74, 6) is -1.79. The van der Waals surface area contributed by atoms with Gasteiger partial charge in [-0.05, 0) is 36.7 Å². The van der Waals surface area contributed by atoms with Crippen LogP contribution in [0.2, 0.25) is 0 Å². The standard InChI is InChI=1S/C22H32O6/c1-11-13-8-14(25)17-21(10-23)7-5-6-20(3,4)16(21)15(26)9-22(17,18(13)27)19(11)28-12(2)24/h10,13-19,25-27H,1,5-9H2,2-4H3. The normalized spacial score (nSPS) is 51.8. The molecular formula is C22H32O6. The Kier molecular flexibility index (Phi) is 4.39. The molecule has 28 heavy (non-hydrogen) atoms. The number of hydrogen-bond acceptors (Lipinski definition) is 6. The summed E-state index contributed by atoms with van der Waals surface area (Å²) >= 11 is 0. The Balaban J connectivity index is 1.94. The highest BCUT2D eigenvalue weighted by molar-refractivity contribution is 5.67. The fourth-order valence-corrected chi connectivity index (χ4v) is 8.02. The topological polar surface area (TPSA) is 104 Å². The Morgan fingerprint density at radius 1 is 1.18 bits per heavy atom. The minimum Gasteiger partial charge on any atom is -0.457 e. The van der Waals surface area contributed by atoms with Crippen LogP contribution < -0.4 is 0 Å². The van der Waals surface area contributed by atoms with E-state index in [0.717, 1.165) is 19.1 Å². The molecule has 0 radical (unpaired) electrons. The molecule has 9 unspecified atom stereocenters. The van der Waals surface area contributed by atoms with Crippen molar-refractivity contribution in [1.82, 2.24) is 0 Å². The monoisotopic (exact) mass is 392 g/mol. The fraction of sp³-hybridized carbons (Fsp3) is 0.818. The molecule has 4 aliphatic carbocycles. The van der Waals surface area contributed by atoms with Crippen LogP contribution in [0.3, 0.4) is 0 Å². The third-order valence-corrected chi connectivity index (χ3v) is 8.57. The van der Waals surface area contributed by atoms with Gasteiger partial charge in [-0.15, -0.1) is 0 Å². The average molecular weight is 392 g/mol. The molecule has 156 valence electrons. The van der Waals surface area contributed by atoms with Gasteiger partial charge in [0.25, 0.3) is 0 Å². The Morgan fingerprint density at radius 2 is 1.86 bits per heavy atom. The van der Waals surface area contributed by atoms with Gasteiger partial charge in [0.15, 0.2) is 0 Å². The number of ether oxygens (including phenoxy) is 1. The molecule has 0 aromatic rings. The maximum Gasteiger partial charge on any atom is 0.303 e. The van der Waals surface area contributed by atoms with Crippen molar-refractivity contribution in [3.05, 3.63) is 12.2 Å². The molecule has 0 aromatic heterocycles. The number of hydrogen-bond donors (Lipinski definition) is 3. The summed E-state index contributed by atoms with van der Waals surface area (Å²) in [5.41, 5.74) is -1.73. The van der Waals surface area contributed by atoms with Crippen LogP contribution in [-0.2, 0) is 14.3 Å². The van der Waals surface area contributed by atoms with Gasteiger partial charge in [-0.1, -0.05) is 26.8 Å². The van der Waals surface area contributed by atoms with Crippen molar-refractivity contribution in [1.29, 1.82) is 0 Å². The quantitative estimate of drug-likeness (QED) is 0.375. The Labute approximate surface area is 166 Å². The number of carbonyl (C=O) groups is 2. The first-order valence-corrected chi connectivity index (χ1v) is 10.4. The molecule has 0 saturated heterocycles. The molecule has 9 atom stereocenters. The number of esters is 1. The molecule has 2 bridgehead atoms. The van der Waals surface area contributed by atoms with Crippen LogP contribution in [0.5, 0.6) is 0 Å². The van der Waals surface area contributed by atoms with E-state index in [-0.39, 0.29) is 17.8 Å². The Morgan fingerprint density at radius 3 is 2.46 bits per heavy atom. The van der Waals surface area contributed by atoms with Gasteiger partial charge in [-0.25, -0.2) is 0 Å². The number of aliphatic hydroxyl groups is 3. The first-order chi connectivity index (χ1) is 13.0. The van der Waals surface area contributed by atoms with Gasteiger partial charge in [0, 0.05) is 35.5 Å². The molecule has 0 amide bonds. The van der Waals surface area contributed by atoms with Gasteiger partial charge >= 0.3 is 5.97 Å². The van der Waals surface area contributed by atoms with Crippen LogP contribution >= 0.6 is 0 Å². The van der Waals surface area contributed by atoms with E-state index in [1.165, 1.54) is 6.92 Å². The fourth-order valence-electron chi connectivity index (χ4n) is 8.02. The molecule has 0 aliphatic heterocycles. The third kappa shape index (κ3) is 2.25. The number of aliphatic hydroxyl groups excluding tert-OH is 3. The highest BCUT2D eigenvalue weighted by atomic mass is 16.5. The van der Waals surface area contributed by atoms with E-state index in [9.17, 15) is 24.9 Å². The van der Waals surface area contributed by atoms with Gasteiger partial charge in [0.1, 0.15) is 12.4 Å². The summed E-state index contributed by atoms with van der Waals surface area (Å²) in [6.45, 7) is 9.54. The molecule has 6 nitrogen and oxygen atoms in total. The van der Waals surface area contributed by atoms with Crippen LogP contribution in [-0.4, -0.2) is 52.0 Å². The van der Waals surface area contributed by atoms with Crippen molar-refractivity contribution in [2.24, 2.45) is 34.0 Å². The third-order valence-electron chi connectivity index (χ3n) is 8.57. The molecule has 4 rings (SSSR count). The van der Waals surface area contributed by atoms with E-state index in [2.05, 4.69) is 20.4 Å². The van der Waals surface area contributed by atoms with Crippen LogP contribution in [0, 0.1) is 34.0 Å². The van der Waals surface area contributed by atoms with Gasteiger partial charge in [0.05, 0.1) is 18.3 Å². The highest BCUT2D eigenvalue weighted by Crippen LogP contribution is 2.72. The first-order valence-electron chi connectivity index (χ1n) is 10.4. The Bertz CT molecular complexity index is 716. The summed E-state index contributed by atoms with van der Waals surface area (Å²) in [6, 6.07) is 0. The molecule has 4 saturated carbocycles. The summed E-state index contributed by atoms with van der Waals surface area (Å²) in [5, 5.41) is 33.9. The van der Waals surface area contributed by atoms with Crippen molar-refractivity contribution in [3.8, 4) is 0 Å². The number of fused-ring (bicyclic) bond motifs is 3. The van der Waals surface area contributed by atoms with Crippen molar-refractivity contribution in [3.63, 3.8) is 0 Å². The smallest absolute Gasteiger partial charge is 0.303 e. The van der Waals surface area contributed by atoms with E-state index in [4.69, 9.17) is 4.74 Å². The van der Waals surface area contributed by atoms with Crippen molar-refractivity contribution in [2.75, 3.05) is 0 Å². The minimum absolute atomic E-state index is 0.188. The van der Waals surface area contributed by atoms with E-state index < -0.39 is 53.1 Å². The average Bonchev–Trinajstić information content (AvgIpc) is 2.71. The molecular weight excluding hydrogens is 360 g/mol. The number of rotatable bonds is 2. The van der Waals surface area contributed by atoms with E-state index in [0.29, 0.717) is 18.4 Å². The zero-order chi connectivity index (χ0) is 20.6. The summed E-state index contributed by atoms with van der Waals surface area (Å²) in [7, 11) is 0. The molecule has 0 heterocycles. The van der Waals surface area contributed by atoms with Crippen molar-refractivity contribution >= 4 is 12.3 Å². The largest absolute Gasteiger partial charge is 0.457 e. The molecule has 1 spiro atoms. The highest BCUT2D eigenvalue weighted by Gasteiger charge is 2.76. The minimum atomic E-state index is -1.09. The first kappa shape index (κ1) is 20.0. The lowest BCUT2D eigenvalue weighted by Gasteiger charge is -2.66. The number of carbonyl (C=O) groups excluding carboxylic acids is 2. The van der Waals surface area contributed by atoms with Crippen LogP contribution in [0.1, 0.15) is 52.9 Å². The maximum absolute atomic E-state index is 12.7. The molecule has 3 N–H and O–H groups in total. The second-order valence-corrected chi connectivity index (χ2v) is 10.3. The second kappa shape index (κ2) is 6.13. The summed E-state index contributed by atoms with van der Waals surface area (Å²) < 4.78 is 5.65. The SMILES string of the molecule is C=C1C2CC(O)C3C4(C=O)CCCC(C)(C)C4C(O)CC3(C1OC(C)=O)C2O. The van der Waals surface area contributed by atoms with Gasteiger partial charge in [-0.3, -0.25) is 4.79 Å². The Hall–Kier alpha value is -1.24. The van der Waals surface area contributed by atoms with Gasteiger partial charge in [0.2, 0.25) is 0 Å². The van der Waals surface area contributed by atoms with E-state index >= 15 is 0 Å². The predicted molar refractivity (Wildman–Crippen MR) is 101 cm³/mol. The van der Waals surface area contributed by atoms with Gasteiger partial charge in [-0.2, -0.15) is 0 Å². The van der Waals surface area contributed by atoms with E-state index in [1.807, 2.05) is 0 Å². The molecule has 0 aromatic carbocycles. The van der Waals surface area contributed by atoms with Crippen LogP contribution in [0.15, 0.2) is 12.2 Å². The summed E-state index contributed by atoms with van der Waals surface area (Å²) in [4.78, 5) is 24.6. The van der Waals surface area contributed by atoms with Crippen LogP contribution in [0.25, 0.3) is 0 Å². The predicted octanol–water partition coefficient (Wildman–Crippen LogP) is 1.61. The molecule has 4 fully saturated rings. The van der Waals surface area contributed by atoms with Crippen molar-refractivity contribution < 1.29 is 29.6 Å². The lowest BCUT2D eigenvalue weighted by molar-refractivity contribution is -0.261. The molecule has 6 heteroatoms. The number of aldehydes is 1. The van der Waals surface area contributed by atoms with Crippen LogP contribution in [0.4, 0.5) is 0 Å². The maximum atomic E-state index is 12.7. The second-order valence-electron chi connectivity index (χ2n) is 10.3.